The quantitative estimate of drug-likeness (QED) is 0.458. The van der Waals surface area contributed by atoms with Gasteiger partial charge in [-0.1, -0.05) is 6.07 Å². The van der Waals surface area contributed by atoms with Gasteiger partial charge in [-0.2, -0.15) is 0 Å². The molecule has 3 N–H and O–H groups in total. The minimum atomic E-state index is -0.972. The third-order valence-electron chi connectivity index (χ3n) is 1.40. The van der Waals surface area contributed by atoms with E-state index < -0.39 is 5.97 Å². The molecule has 0 bridgehead atoms. The summed E-state index contributed by atoms with van der Waals surface area (Å²) in [5.74, 6) is -1.52. The molecule has 1 aromatic rings. The SMILES string of the molecule is O=C(O)Cc1ccc(O)c(O)c1.[NaH]. The van der Waals surface area contributed by atoms with Crippen molar-refractivity contribution in [2.75, 3.05) is 0 Å². The van der Waals surface area contributed by atoms with Crippen LogP contribution in [0.2, 0.25) is 0 Å². The Morgan fingerprint density at radius 3 is 2.31 bits per heavy atom. The molecule has 0 aromatic heterocycles. The Morgan fingerprint density at radius 2 is 1.85 bits per heavy atom. The van der Waals surface area contributed by atoms with Crippen LogP contribution >= 0.6 is 0 Å². The summed E-state index contributed by atoms with van der Waals surface area (Å²) < 4.78 is 0. The number of hydrogen-bond donors (Lipinski definition) is 3. The number of benzene rings is 1. The molecule has 1 aromatic carbocycles. The molecule has 0 aliphatic heterocycles. The number of aliphatic carboxylic acids is 1. The summed E-state index contributed by atoms with van der Waals surface area (Å²) in [6.07, 6.45) is -0.159. The number of phenolic OH excluding ortho intramolecular Hbond substituents is 2. The Hall–Kier alpha value is -0.710. The molecule has 1 rings (SSSR count). The molecule has 0 amide bonds. The van der Waals surface area contributed by atoms with E-state index in [1.165, 1.54) is 18.2 Å². The van der Waals surface area contributed by atoms with Crippen LogP contribution in [-0.4, -0.2) is 50.8 Å². The number of carboxylic acids is 1. The molecular formula is C8H9NaO4. The van der Waals surface area contributed by atoms with Crippen molar-refractivity contribution in [3.8, 4) is 11.5 Å². The van der Waals surface area contributed by atoms with Crippen molar-refractivity contribution in [1.82, 2.24) is 0 Å². The van der Waals surface area contributed by atoms with Crippen LogP contribution in [0.25, 0.3) is 0 Å². The molecule has 0 heterocycles. The van der Waals surface area contributed by atoms with Gasteiger partial charge in [0.25, 0.3) is 0 Å². The topological polar surface area (TPSA) is 77.8 Å². The van der Waals surface area contributed by atoms with Crippen LogP contribution in [0.4, 0.5) is 0 Å². The maximum absolute atomic E-state index is 10.2. The molecule has 0 aliphatic rings. The predicted molar refractivity (Wildman–Crippen MR) is 48.3 cm³/mol. The van der Waals surface area contributed by atoms with Gasteiger partial charge in [0.1, 0.15) is 0 Å². The predicted octanol–water partition coefficient (Wildman–Crippen LogP) is 0.0764. The summed E-state index contributed by atoms with van der Waals surface area (Å²) in [7, 11) is 0. The van der Waals surface area contributed by atoms with Gasteiger partial charge in [-0.3, -0.25) is 4.79 Å². The van der Waals surface area contributed by atoms with Crippen LogP contribution < -0.4 is 0 Å². The molecule has 0 aliphatic carbocycles. The van der Waals surface area contributed by atoms with E-state index in [0.717, 1.165) is 0 Å². The van der Waals surface area contributed by atoms with Crippen LogP contribution in [0.5, 0.6) is 11.5 Å². The van der Waals surface area contributed by atoms with Crippen LogP contribution in [0, 0.1) is 0 Å². The zero-order valence-corrected chi connectivity index (χ0v) is 6.19. The summed E-state index contributed by atoms with van der Waals surface area (Å²) in [5, 5.41) is 26.2. The van der Waals surface area contributed by atoms with Gasteiger partial charge in [-0.25, -0.2) is 0 Å². The van der Waals surface area contributed by atoms with Crippen molar-refractivity contribution in [1.29, 1.82) is 0 Å². The Bertz CT molecular complexity index is 311. The summed E-state index contributed by atoms with van der Waals surface area (Å²) >= 11 is 0. The van der Waals surface area contributed by atoms with E-state index in [2.05, 4.69) is 0 Å². The second-order valence-electron chi connectivity index (χ2n) is 2.39. The average Bonchev–Trinajstić information content (AvgIpc) is 1.96. The first-order valence-corrected chi connectivity index (χ1v) is 3.32. The Labute approximate surface area is 97.1 Å². The van der Waals surface area contributed by atoms with Crippen molar-refractivity contribution in [3.63, 3.8) is 0 Å². The number of carboxylic acid groups (broad SMARTS) is 1. The summed E-state index contributed by atoms with van der Waals surface area (Å²) in [6, 6.07) is 3.93. The van der Waals surface area contributed by atoms with Gasteiger partial charge in [0.2, 0.25) is 0 Å². The van der Waals surface area contributed by atoms with E-state index >= 15 is 0 Å². The maximum atomic E-state index is 10.2. The number of phenols is 2. The molecule has 0 saturated carbocycles. The molecule has 0 radical (unpaired) electrons. The van der Waals surface area contributed by atoms with Crippen LogP contribution in [0.3, 0.4) is 0 Å². The monoisotopic (exact) mass is 192 g/mol. The number of carbonyl (C=O) groups is 1. The van der Waals surface area contributed by atoms with Gasteiger partial charge in [0, 0.05) is 0 Å². The summed E-state index contributed by atoms with van der Waals surface area (Å²) in [4.78, 5) is 10.2. The van der Waals surface area contributed by atoms with Gasteiger partial charge in [-0.05, 0) is 17.7 Å². The van der Waals surface area contributed by atoms with Crippen molar-refractivity contribution in [3.05, 3.63) is 23.8 Å². The second kappa shape index (κ2) is 5.11. The van der Waals surface area contributed by atoms with E-state index in [1.54, 1.807) is 0 Å². The number of aromatic hydroxyl groups is 2. The molecular weight excluding hydrogens is 183 g/mol. The fourth-order valence-electron chi connectivity index (χ4n) is 0.854. The van der Waals surface area contributed by atoms with Crippen LogP contribution in [0.15, 0.2) is 18.2 Å². The van der Waals surface area contributed by atoms with Gasteiger partial charge in [-0.15, -0.1) is 0 Å². The van der Waals surface area contributed by atoms with Crippen molar-refractivity contribution in [2.45, 2.75) is 6.42 Å². The van der Waals surface area contributed by atoms with E-state index in [0.29, 0.717) is 5.56 Å². The molecule has 0 spiro atoms. The first-order valence-electron chi connectivity index (χ1n) is 3.32. The first kappa shape index (κ1) is 12.3. The molecule has 66 valence electrons. The summed E-state index contributed by atoms with van der Waals surface area (Å²) in [5.41, 5.74) is 0.456. The van der Waals surface area contributed by atoms with E-state index in [1.807, 2.05) is 0 Å². The molecule has 4 nitrogen and oxygen atoms in total. The van der Waals surface area contributed by atoms with Crippen molar-refractivity contribution >= 4 is 35.5 Å². The Kier molecular flexibility index (Phi) is 4.83. The van der Waals surface area contributed by atoms with Crippen molar-refractivity contribution < 1.29 is 20.1 Å². The number of hydrogen-bond acceptors (Lipinski definition) is 3. The fourth-order valence-corrected chi connectivity index (χ4v) is 0.854. The van der Waals surface area contributed by atoms with E-state index in [-0.39, 0.29) is 47.5 Å². The molecule has 0 saturated heterocycles. The Balaban J connectivity index is 0.00000144. The molecule has 0 unspecified atom stereocenters. The van der Waals surface area contributed by atoms with Gasteiger partial charge >= 0.3 is 35.5 Å². The molecule has 13 heavy (non-hydrogen) atoms. The summed E-state index contributed by atoms with van der Waals surface area (Å²) in [6.45, 7) is 0. The van der Waals surface area contributed by atoms with Gasteiger partial charge in [0.15, 0.2) is 11.5 Å². The van der Waals surface area contributed by atoms with Crippen LogP contribution in [-0.2, 0) is 11.2 Å². The van der Waals surface area contributed by atoms with Gasteiger partial charge < -0.3 is 15.3 Å². The zero-order valence-electron chi connectivity index (χ0n) is 6.19. The molecule has 0 fully saturated rings. The third kappa shape index (κ3) is 3.67. The normalized spacial score (nSPS) is 8.92. The second-order valence-corrected chi connectivity index (χ2v) is 2.39. The minimum absolute atomic E-state index is 0. The third-order valence-corrected chi connectivity index (χ3v) is 1.40. The fraction of sp³-hybridized carbons (Fsp3) is 0.125. The van der Waals surface area contributed by atoms with E-state index in [9.17, 15) is 4.79 Å². The van der Waals surface area contributed by atoms with E-state index in [4.69, 9.17) is 15.3 Å². The Morgan fingerprint density at radius 1 is 1.23 bits per heavy atom. The standard InChI is InChI=1S/C8H8O4.Na.H/c9-6-2-1-5(3-7(6)10)4-8(11)12;;/h1-3,9-10H,4H2,(H,11,12);;. The average molecular weight is 192 g/mol. The van der Waals surface area contributed by atoms with Crippen molar-refractivity contribution in [2.24, 2.45) is 0 Å². The first-order chi connectivity index (χ1) is 5.59. The van der Waals surface area contributed by atoms with Crippen LogP contribution in [0.1, 0.15) is 5.56 Å². The zero-order chi connectivity index (χ0) is 9.14. The molecule has 5 heteroatoms. The van der Waals surface area contributed by atoms with Gasteiger partial charge in [0.05, 0.1) is 6.42 Å². The molecule has 0 atom stereocenters. The number of rotatable bonds is 2.